The highest BCUT2D eigenvalue weighted by Gasteiger charge is 2.26. The first-order chi connectivity index (χ1) is 14.2. The SMILES string of the molecule is COc1ccc(Cc2nnc3sc([C@@H]4COc5ccccc5O4)nn23)cc1OC. The third-order valence-electron chi connectivity index (χ3n) is 4.67. The Bertz CT molecular complexity index is 1170. The molecule has 0 fully saturated rings. The molecule has 0 unspecified atom stereocenters. The second-order valence-electron chi connectivity index (χ2n) is 6.48. The molecular formula is C20H18N4O4S. The number of rotatable bonds is 5. The van der Waals surface area contributed by atoms with Crippen molar-refractivity contribution in [3.8, 4) is 23.0 Å². The molecule has 1 aliphatic heterocycles. The number of ether oxygens (including phenoxy) is 4. The molecule has 148 valence electrons. The van der Waals surface area contributed by atoms with Crippen LogP contribution in [0.15, 0.2) is 42.5 Å². The number of benzene rings is 2. The summed E-state index contributed by atoms with van der Waals surface area (Å²) < 4.78 is 24.3. The van der Waals surface area contributed by atoms with Crippen molar-refractivity contribution >= 4 is 16.3 Å². The monoisotopic (exact) mass is 410 g/mol. The molecule has 1 atom stereocenters. The fourth-order valence-electron chi connectivity index (χ4n) is 3.23. The van der Waals surface area contributed by atoms with E-state index in [9.17, 15) is 0 Å². The van der Waals surface area contributed by atoms with Crippen molar-refractivity contribution in [3.63, 3.8) is 0 Å². The molecule has 0 saturated carbocycles. The number of methoxy groups -OCH3 is 2. The molecule has 9 heteroatoms. The van der Waals surface area contributed by atoms with E-state index in [4.69, 9.17) is 24.0 Å². The standard InChI is InChI=1S/C20H18N4O4S/c1-25-13-8-7-12(9-16(13)26-2)10-18-21-22-20-24(18)23-19(29-20)17-11-27-14-5-3-4-6-15(14)28-17/h3-9,17H,10-11H2,1-2H3/t17-/m0/s1. The topological polar surface area (TPSA) is 80.0 Å². The van der Waals surface area contributed by atoms with Gasteiger partial charge >= 0.3 is 0 Å². The minimum absolute atomic E-state index is 0.273. The summed E-state index contributed by atoms with van der Waals surface area (Å²) in [6.45, 7) is 0.409. The van der Waals surface area contributed by atoms with Crippen LogP contribution < -0.4 is 18.9 Å². The van der Waals surface area contributed by atoms with E-state index in [1.807, 2.05) is 42.5 Å². The number of hydrogen-bond acceptors (Lipinski definition) is 8. The molecule has 0 aliphatic carbocycles. The third kappa shape index (κ3) is 3.23. The Kier molecular flexibility index (Phi) is 4.44. The minimum atomic E-state index is -0.273. The molecule has 0 saturated heterocycles. The first-order valence-corrected chi connectivity index (χ1v) is 9.87. The largest absolute Gasteiger partial charge is 0.493 e. The molecule has 5 rings (SSSR count). The maximum absolute atomic E-state index is 6.06. The highest BCUT2D eigenvalue weighted by molar-refractivity contribution is 7.16. The van der Waals surface area contributed by atoms with Gasteiger partial charge in [-0.25, -0.2) is 0 Å². The molecule has 0 bridgehead atoms. The molecule has 2 aromatic carbocycles. The molecule has 29 heavy (non-hydrogen) atoms. The quantitative estimate of drug-likeness (QED) is 0.499. The first kappa shape index (κ1) is 17.7. The van der Waals surface area contributed by atoms with Gasteiger partial charge in [-0.15, -0.1) is 10.2 Å². The summed E-state index contributed by atoms with van der Waals surface area (Å²) in [6.07, 6.45) is 0.292. The van der Waals surface area contributed by atoms with E-state index in [1.165, 1.54) is 11.3 Å². The van der Waals surface area contributed by atoms with E-state index < -0.39 is 0 Å². The molecule has 0 spiro atoms. The highest BCUT2D eigenvalue weighted by atomic mass is 32.1. The van der Waals surface area contributed by atoms with Crippen molar-refractivity contribution in [2.45, 2.75) is 12.5 Å². The van der Waals surface area contributed by atoms with Crippen molar-refractivity contribution in [2.75, 3.05) is 20.8 Å². The van der Waals surface area contributed by atoms with E-state index in [2.05, 4.69) is 10.2 Å². The number of hydrogen-bond donors (Lipinski definition) is 0. The molecule has 8 nitrogen and oxygen atoms in total. The average molecular weight is 410 g/mol. The van der Waals surface area contributed by atoms with Gasteiger partial charge in [-0.05, 0) is 29.8 Å². The van der Waals surface area contributed by atoms with Crippen LogP contribution in [0.4, 0.5) is 0 Å². The number of fused-ring (bicyclic) bond motifs is 2. The van der Waals surface area contributed by atoms with Gasteiger partial charge in [0, 0.05) is 6.42 Å². The van der Waals surface area contributed by atoms with E-state index >= 15 is 0 Å². The third-order valence-corrected chi connectivity index (χ3v) is 5.66. The van der Waals surface area contributed by atoms with Gasteiger partial charge in [0.05, 0.1) is 14.2 Å². The number of aromatic nitrogens is 4. The molecule has 1 aliphatic rings. The Labute approximate surface area is 170 Å². The van der Waals surface area contributed by atoms with Crippen LogP contribution in [0.3, 0.4) is 0 Å². The Hall–Kier alpha value is -3.33. The highest BCUT2D eigenvalue weighted by Crippen LogP contribution is 2.37. The van der Waals surface area contributed by atoms with Crippen LogP contribution in [0, 0.1) is 0 Å². The van der Waals surface area contributed by atoms with Gasteiger partial charge in [-0.1, -0.05) is 29.5 Å². The lowest BCUT2D eigenvalue weighted by Gasteiger charge is -2.24. The molecule has 4 aromatic rings. The molecule has 2 aromatic heterocycles. The summed E-state index contributed by atoms with van der Waals surface area (Å²) in [5, 5.41) is 14.0. The molecule has 0 N–H and O–H groups in total. The lowest BCUT2D eigenvalue weighted by atomic mass is 10.1. The summed E-state index contributed by atoms with van der Waals surface area (Å²) in [6, 6.07) is 13.4. The minimum Gasteiger partial charge on any atom is -0.493 e. The van der Waals surface area contributed by atoms with Crippen molar-refractivity contribution in [1.29, 1.82) is 0 Å². The fourth-order valence-corrected chi connectivity index (χ4v) is 4.10. The van der Waals surface area contributed by atoms with Crippen LogP contribution in [0.5, 0.6) is 23.0 Å². The van der Waals surface area contributed by atoms with Gasteiger partial charge in [0.2, 0.25) is 4.96 Å². The predicted octanol–water partition coefficient (Wildman–Crippen LogP) is 3.31. The smallest absolute Gasteiger partial charge is 0.234 e. The van der Waals surface area contributed by atoms with Gasteiger partial charge in [0.15, 0.2) is 39.9 Å². The fraction of sp³-hybridized carbons (Fsp3) is 0.250. The molecule has 0 radical (unpaired) electrons. The second-order valence-corrected chi connectivity index (χ2v) is 7.47. The molecule has 3 heterocycles. The zero-order valence-electron chi connectivity index (χ0n) is 15.9. The van der Waals surface area contributed by atoms with Crippen molar-refractivity contribution in [3.05, 3.63) is 58.9 Å². The normalized spacial score (nSPS) is 15.4. The van der Waals surface area contributed by atoms with E-state index in [1.54, 1.807) is 18.7 Å². The van der Waals surface area contributed by atoms with Gasteiger partial charge in [-0.3, -0.25) is 0 Å². The zero-order chi connectivity index (χ0) is 19.8. The summed E-state index contributed by atoms with van der Waals surface area (Å²) in [4.78, 5) is 0.720. The zero-order valence-corrected chi connectivity index (χ0v) is 16.7. The summed E-state index contributed by atoms with van der Waals surface area (Å²) in [5.74, 6) is 3.58. The predicted molar refractivity (Wildman–Crippen MR) is 106 cm³/mol. The Morgan fingerprint density at radius 3 is 2.72 bits per heavy atom. The Balaban J connectivity index is 1.41. The van der Waals surface area contributed by atoms with Crippen LogP contribution in [-0.2, 0) is 6.42 Å². The van der Waals surface area contributed by atoms with Gasteiger partial charge in [-0.2, -0.15) is 9.61 Å². The van der Waals surface area contributed by atoms with E-state index in [0.29, 0.717) is 24.5 Å². The summed E-state index contributed by atoms with van der Waals surface area (Å²) in [7, 11) is 3.24. The lowest BCUT2D eigenvalue weighted by Crippen LogP contribution is -2.21. The average Bonchev–Trinajstić information content (AvgIpc) is 3.35. The van der Waals surface area contributed by atoms with Gasteiger partial charge < -0.3 is 18.9 Å². The second kappa shape index (κ2) is 7.25. The van der Waals surface area contributed by atoms with Crippen LogP contribution in [0.1, 0.15) is 22.5 Å². The lowest BCUT2D eigenvalue weighted by molar-refractivity contribution is 0.0904. The van der Waals surface area contributed by atoms with Crippen LogP contribution in [0.25, 0.3) is 4.96 Å². The summed E-state index contributed by atoms with van der Waals surface area (Å²) in [5.41, 5.74) is 1.03. The van der Waals surface area contributed by atoms with E-state index in [0.717, 1.165) is 32.9 Å². The number of nitrogens with zero attached hydrogens (tertiary/aromatic N) is 4. The van der Waals surface area contributed by atoms with Crippen molar-refractivity contribution in [2.24, 2.45) is 0 Å². The Morgan fingerprint density at radius 1 is 1.07 bits per heavy atom. The van der Waals surface area contributed by atoms with Crippen LogP contribution in [0.2, 0.25) is 0 Å². The van der Waals surface area contributed by atoms with Crippen molar-refractivity contribution in [1.82, 2.24) is 19.8 Å². The van der Waals surface area contributed by atoms with Gasteiger partial charge in [0.1, 0.15) is 6.61 Å². The number of para-hydroxylation sites is 2. The van der Waals surface area contributed by atoms with E-state index in [-0.39, 0.29) is 6.10 Å². The van der Waals surface area contributed by atoms with Gasteiger partial charge in [0.25, 0.3) is 0 Å². The van der Waals surface area contributed by atoms with Crippen molar-refractivity contribution < 1.29 is 18.9 Å². The Morgan fingerprint density at radius 2 is 1.90 bits per heavy atom. The maximum Gasteiger partial charge on any atom is 0.234 e. The molecule has 0 amide bonds. The summed E-state index contributed by atoms with van der Waals surface area (Å²) >= 11 is 1.45. The maximum atomic E-state index is 6.06. The van der Waals surface area contributed by atoms with Crippen LogP contribution >= 0.6 is 11.3 Å². The van der Waals surface area contributed by atoms with Crippen LogP contribution in [-0.4, -0.2) is 40.6 Å². The first-order valence-electron chi connectivity index (χ1n) is 9.05. The molecular weight excluding hydrogens is 392 g/mol.